The molecule has 0 fully saturated rings. The summed E-state index contributed by atoms with van der Waals surface area (Å²) < 4.78 is 8.27. The fourth-order valence-electron chi connectivity index (χ4n) is 6.88. The predicted molar refractivity (Wildman–Crippen MR) is 182 cm³/mol. The van der Waals surface area contributed by atoms with Gasteiger partial charge in [-0.1, -0.05) is 30.3 Å². The Morgan fingerprint density at radius 3 is 2.21 bits per heavy atom. The first-order valence-electron chi connectivity index (χ1n) is 14.9. The van der Waals surface area contributed by atoms with Crippen LogP contribution in [0.15, 0.2) is 89.3 Å². The minimum atomic E-state index is -2.15. The van der Waals surface area contributed by atoms with Gasteiger partial charge in [-0.15, -0.1) is 0 Å². The van der Waals surface area contributed by atoms with Gasteiger partial charge in [-0.3, -0.25) is 0 Å². The molecule has 2 heterocycles. The van der Waals surface area contributed by atoms with Crippen LogP contribution in [-0.2, 0) is 0 Å². The van der Waals surface area contributed by atoms with Crippen molar-refractivity contribution in [3.8, 4) is 22.4 Å². The van der Waals surface area contributed by atoms with E-state index in [1.807, 2.05) is 6.07 Å². The third-order valence-corrected chi connectivity index (χ3v) is 13.3. The zero-order valence-corrected chi connectivity index (χ0v) is 27.6. The Kier molecular flexibility index (Phi) is 6.28. The van der Waals surface area contributed by atoms with Crippen LogP contribution in [0, 0.1) is 13.8 Å². The average Bonchev–Trinajstić information content (AvgIpc) is 3.34. The van der Waals surface area contributed by atoms with Gasteiger partial charge in [0.25, 0.3) is 0 Å². The van der Waals surface area contributed by atoms with Gasteiger partial charge in [0.1, 0.15) is 0 Å². The number of hydrogen-bond acceptors (Lipinski definition) is 3. The molecule has 0 unspecified atom stereocenters. The van der Waals surface area contributed by atoms with E-state index < -0.39 is 13.3 Å². The number of benzene rings is 5. The molecule has 0 saturated carbocycles. The molecule has 0 saturated heterocycles. The number of fused-ring (bicyclic) bond motifs is 6. The van der Waals surface area contributed by atoms with E-state index in [1.54, 1.807) is 4.40 Å². The van der Waals surface area contributed by atoms with E-state index in [0.29, 0.717) is 0 Å². The maximum absolute atomic E-state index is 6.69. The minimum absolute atomic E-state index is 0.192. The summed E-state index contributed by atoms with van der Waals surface area (Å²) >= 11 is -2.15. The number of hydrogen-bond donors (Lipinski definition) is 0. The van der Waals surface area contributed by atoms with Crippen LogP contribution in [0.3, 0.4) is 0 Å². The molecule has 0 aliphatic carbocycles. The summed E-state index contributed by atoms with van der Waals surface area (Å²) in [6, 6.07) is 30.3. The van der Waals surface area contributed by atoms with E-state index in [2.05, 4.69) is 124 Å². The molecule has 2 aromatic heterocycles. The van der Waals surface area contributed by atoms with Crippen molar-refractivity contribution in [2.75, 3.05) is 0 Å². The van der Waals surface area contributed by atoms with Crippen molar-refractivity contribution in [2.45, 2.75) is 50.9 Å². The van der Waals surface area contributed by atoms with Crippen LogP contribution in [0.2, 0.25) is 17.3 Å². The van der Waals surface area contributed by atoms with Gasteiger partial charge in [0.15, 0.2) is 0 Å². The summed E-state index contributed by atoms with van der Waals surface area (Å²) in [5, 5.41) is 5.82. The van der Waals surface area contributed by atoms with Gasteiger partial charge < -0.3 is 0 Å². The van der Waals surface area contributed by atoms with Gasteiger partial charge >= 0.3 is 215 Å². The number of rotatable bonds is 4. The first kappa shape index (κ1) is 26.9. The Morgan fingerprint density at radius 2 is 1.48 bits per heavy atom. The number of aromatic nitrogens is 2. The number of nitrogens with zero attached hydrogens (tertiary/aromatic N) is 2. The zero-order chi connectivity index (χ0) is 29.3. The van der Waals surface area contributed by atoms with Gasteiger partial charge in [-0.05, 0) is 5.56 Å². The zero-order valence-electron chi connectivity index (χ0n) is 25.5. The van der Waals surface area contributed by atoms with E-state index in [1.165, 1.54) is 27.5 Å². The number of furan rings is 1. The molecular weight excluding hydrogens is 573 g/mol. The first-order chi connectivity index (χ1) is 20.1. The standard InChI is InChI=1S/C38H36GeN2O/c1-22(2)38-40-35(30-19-17-27-20-23(3)34(39(5,6)7)24(4)33(27)36(30)41-38)31-15-11-14-29-28-18-16-26(21-32(28)42-37(29)31)25-12-9-8-10-13-25/h8-22H,1-7H3. The van der Waals surface area contributed by atoms with Crippen molar-refractivity contribution < 1.29 is 4.42 Å². The normalized spacial score (nSPS) is 12.4. The fraction of sp³-hybridized carbons (Fsp3) is 0.211. The molecule has 0 aliphatic rings. The molecule has 4 heteroatoms. The molecule has 42 heavy (non-hydrogen) atoms. The second-order valence-electron chi connectivity index (χ2n) is 12.9. The second-order valence-corrected chi connectivity index (χ2v) is 23.4. The van der Waals surface area contributed by atoms with E-state index >= 15 is 0 Å². The van der Waals surface area contributed by atoms with Crippen molar-refractivity contribution in [1.82, 2.24) is 9.97 Å². The van der Waals surface area contributed by atoms with Crippen molar-refractivity contribution >= 4 is 61.3 Å². The summed E-state index contributed by atoms with van der Waals surface area (Å²) in [5.74, 6) is 8.51. The molecule has 3 nitrogen and oxygen atoms in total. The summed E-state index contributed by atoms with van der Waals surface area (Å²) in [7, 11) is 0. The molecule has 0 aliphatic heterocycles. The molecule has 0 N–H and O–H groups in total. The van der Waals surface area contributed by atoms with E-state index in [0.717, 1.165) is 55.5 Å². The fourth-order valence-corrected chi connectivity index (χ4v) is 12.1. The quantitative estimate of drug-likeness (QED) is 0.147. The molecule has 0 amide bonds. The van der Waals surface area contributed by atoms with E-state index in [4.69, 9.17) is 14.4 Å². The molecule has 7 rings (SSSR count). The van der Waals surface area contributed by atoms with Crippen molar-refractivity contribution in [1.29, 1.82) is 0 Å². The van der Waals surface area contributed by atoms with Crippen LogP contribution in [0.1, 0.15) is 36.7 Å². The maximum atomic E-state index is 6.69. The molecule has 7 aromatic rings. The number of para-hydroxylation sites is 1. The summed E-state index contributed by atoms with van der Waals surface area (Å²) in [6.45, 7) is 8.94. The Morgan fingerprint density at radius 1 is 0.714 bits per heavy atom. The summed E-state index contributed by atoms with van der Waals surface area (Å²) in [4.78, 5) is 10.5. The van der Waals surface area contributed by atoms with Crippen LogP contribution in [0.25, 0.3) is 66.0 Å². The topological polar surface area (TPSA) is 38.9 Å². The number of aryl methyl sites for hydroxylation is 2. The molecule has 5 aromatic carbocycles. The van der Waals surface area contributed by atoms with E-state index in [-0.39, 0.29) is 5.92 Å². The second kappa shape index (κ2) is 9.81. The van der Waals surface area contributed by atoms with Crippen molar-refractivity contribution in [3.05, 3.63) is 102 Å². The van der Waals surface area contributed by atoms with Gasteiger partial charge in [0.2, 0.25) is 0 Å². The van der Waals surface area contributed by atoms with Gasteiger partial charge in [-0.25, -0.2) is 0 Å². The van der Waals surface area contributed by atoms with Gasteiger partial charge in [-0.2, -0.15) is 0 Å². The summed E-state index contributed by atoms with van der Waals surface area (Å²) in [6.07, 6.45) is 0. The van der Waals surface area contributed by atoms with Crippen molar-refractivity contribution in [3.63, 3.8) is 0 Å². The van der Waals surface area contributed by atoms with Crippen molar-refractivity contribution in [2.24, 2.45) is 0 Å². The summed E-state index contributed by atoms with van der Waals surface area (Å²) in [5.41, 5.74) is 9.89. The molecule has 0 bridgehead atoms. The monoisotopic (exact) mass is 610 g/mol. The van der Waals surface area contributed by atoms with Gasteiger partial charge in [0.05, 0.1) is 0 Å². The molecule has 0 atom stereocenters. The molecule has 0 spiro atoms. The third kappa shape index (κ3) is 4.25. The third-order valence-electron chi connectivity index (χ3n) is 8.56. The Bertz CT molecular complexity index is 2170. The Balaban J connectivity index is 1.54. The molecule has 208 valence electrons. The van der Waals surface area contributed by atoms with E-state index in [9.17, 15) is 0 Å². The molecular formula is C38H36GeN2O. The Hall–Kier alpha value is -3.96. The Labute approximate surface area is 250 Å². The van der Waals surface area contributed by atoms with Crippen LogP contribution >= 0.6 is 0 Å². The molecule has 0 radical (unpaired) electrons. The van der Waals surface area contributed by atoms with Crippen LogP contribution in [0.4, 0.5) is 0 Å². The van der Waals surface area contributed by atoms with Gasteiger partial charge in [0, 0.05) is 0 Å². The van der Waals surface area contributed by atoms with Crippen LogP contribution in [0.5, 0.6) is 0 Å². The average molecular weight is 609 g/mol. The van der Waals surface area contributed by atoms with Crippen LogP contribution in [-0.4, -0.2) is 23.2 Å². The SMILES string of the molecule is Cc1cc2ccc3c(-c4cccc5c4oc4cc(-c6ccccc6)ccc45)nc(C(C)C)nc3c2c(C)[c]1[Ge]([CH3])([CH3])[CH3]. The predicted octanol–water partition coefficient (Wildman–Crippen LogP) is 10.3. The first-order valence-corrected chi connectivity index (χ1v) is 22.2. The van der Waals surface area contributed by atoms with Crippen LogP contribution < -0.4 is 4.40 Å².